The molecule has 0 amide bonds. The minimum absolute atomic E-state index is 0.749. The molecule has 4 N–H and O–H groups in total. The number of rotatable bonds is 4. The first-order chi connectivity index (χ1) is 11.7. The molecule has 0 aliphatic rings. The molecule has 0 aromatic heterocycles. The number of halogens is 2. The van der Waals surface area contributed by atoms with E-state index in [-0.39, 0.29) is 0 Å². The molecule has 0 radical (unpaired) electrons. The molecule has 0 saturated carbocycles. The normalized spacial score (nSPS) is 10.8. The van der Waals surface area contributed by atoms with E-state index in [2.05, 4.69) is 56.1 Å². The quantitative estimate of drug-likeness (QED) is 0.383. The molecule has 0 bridgehead atoms. The summed E-state index contributed by atoms with van der Waals surface area (Å²) in [5.74, 6) is 0. The van der Waals surface area contributed by atoms with Crippen LogP contribution in [0.1, 0.15) is 11.1 Å². The lowest BCUT2D eigenvalue weighted by molar-refractivity contribution is 1.36. The first-order valence-corrected chi connectivity index (χ1v) is 9.87. The van der Waals surface area contributed by atoms with Crippen LogP contribution in [0, 0.1) is 0 Å². The number of benzene rings is 3. The molecule has 0 spiro atoms. The predicted molar refractivity (Wildman–Crippen MR) is 111 cm³/mol. The van der Waals surface area contributed by atoms with Crippen molar-refractivity contribution in [2.45, 2.75) is 10.7 Å². The van der Waals surface area contributed by atoms with Gasteiger partial charge in [0.15, 0.2) is 0 Å². The van der Waals surface area contributed by atoms with Crippen molar-refractivity contribution < 1.29 is 0 Å². The monoisotopic (exact) mass is 444 g/mol. The van der Waals surface area contributed by atoms with E-state index in [0.29, 0.717) is 0 Å². The molecular weight excluding hydrogens is 428 g/mol. The lowest BCUT2D eigenvalue weighted by Crippen LogP contribution is -1.98. The molecule has 0 saturated heterocycles. The van der Waals surface area contributed by atoms with Crippen LogP contribution in [0.5, 0.6) is 0 Å². The number of nitrogens with two attached hydrogens (primary N) is 2. The number of para-hydroxylation sites is 2. The highest BCUT2D eigenvalue weighted by atomic mass is 79.9. The number of alkyl halides is 2. The highest BCUT2D eigenvalue weighted by molar-refractivity contribution is 9.08. The van der Waals surface area contributed by atoms with Gasteiger partial charge in [0.25, 0.3) is 0 Å². The number of nitrogen functional groups attached to an aromatic ring is 2. The topological polar surface area (TPSA) is 52.0 Å². The van der Waals surface area contributed by atoms with Crippen molar-refractivity contribution in [1.82, 2.24) is 0 Å². The van der Waals surface area contributed by atoms with Crippen LogP contribution < -0.4 is 11.5 Å². The van der Waals surface area contributed by atoms with Gasteiger partial charge in [0.1, 0.15) is 0 Å². The van der Waals surface area contributed by atoms with Crippen LogP contribution in [0.2, 0.25) is 0 Å². The zero-order valence-electron chi connectivity index (χ0n) is 13.1. The molecular formula is C20H18Br2N2. The third-order valence-corrected chi connectivity index (χ3v) is 5.33. The molecule has 0 heterocycles. The first-order valence-electron chi connectivity index (χ1n) is 7.63. The average molecular weight is 446 g/mol. The van der Waals surface area contributed by atoms with Crippen molar-refractivity contribution in [2.24, 2.45) is 0 Å². The highest BCUT2D eigenvalue weighted by Crippen LogP contribution is 2.38. The lowest BCUT2D eigenvalue weighted by atomic mass is 9.91. The molecule has 0 fully saturated rings. The second kappa shape index (κ2) is 7.41. The number of anilines is 2. The minimum atomic E-state index is 0.749. The molecule has 2 nitrogen and oxygen atoms in total. The zero-order valence-corrected chi connectivity index (χ0v) is 16.3. The molecule has 0 aliphatic carbocycles. The van der Waals surface area contributed by atoms with E-state index >= 15 is 0 Å². The van der Waals surface area contributed by atoms with Crippen molar-refractivity contribution in [2.75, 3.05) is 11.5 Å². The van der Waals surface area contributed by atoms with E-state index in [1.165, 1.54) is 11.1 Å². The van der Waals surface area contributed by atoms with Gasteiger partial charge in [-0.2, -0.15) is 0 Å². The Labute approximate surface area is 159 Å². The summed E-state index contributed by atoms with van der Waals surface area (Å²) in [6.45, 7) is 0. The van der Waals surface area contributed by atoms with Gasteiger partial charge in [0.2, 0.25) is 0 Å². The van der Waals surface area contributed by atoms with Crippen LogP contribution in [-0.2, 0) is 10.7 Å². The second-order valence-electron chi connectivity index (χ2n) is 5.61. The van der Waals surface area contributed by atoms with Crippen LogP contribution in [-0.4, -0.2) is 0 Å². The molecule has 3 aromatic carbocycles. The maximum Gasteiger partial charge on any atom is 0.0393 e. The third-order valence-electron chi connectivity index (χ3n) is 4.12. The second-order valence-corrected chi connectivity index (χ2v) is 6.73. The van der Waals surface area contributed by atoms with Gasteiger partial charge >= 0.3 is 0 Å². The van der Waals surface area contributed by atoms with Crippen LogP contribution in [0.3, 0.4) is 0 Å². The van der Waals surface area contributed by atoms with Gasteiger partial charge in [-0.3, -0.25) is 0 Å². The smallest absolute Gasteiger partial charge is 0.0393 e. The number of hydrogen-bond acceptors (Lipinski definition) is 2. The van der Waals surface area contributed by atoms with E-state index < -0.39 is 0 Å². The minimum Gasteiger partial charge on any atom is -0.398 e. The van der Waals surface area contributed by atoms with E-state index in [4.69, 9.17) is 11.5 Å². The van der Waals surface area contributed by atoms with Crippen molar-refractivity contribution in [3.8, 4) is 22.3 Å². The Hall–Kier alpha value is -1.78. The summed E-state index contributed by atoms with van der Waals surface area (Å²) >= 11 is 7.24. The Morgan fingerprint density at radius 2 is 0.958 bits per heavy atom. The van der Waals surface area contributed by atoms with Crippen LogP contribution >= 0.6 is 31.9 Å². The Morgan fingerprint density at radius 1 is 0.583 bits per heavy atom. The van der Waals surface area contributed by atoms with E-state index in [0.717, 1.165) is 44.3 Å². The average Bonchev–Trinajstić information content (AvgIpc) is 2.61. The molecule has 0 atom stereocenters. The Balaban J connectivity index is 2.25. The van der Waals surface area contributed by atoms with Crippen molar-refractivity contribution >= 4 is 43.2 Å². The van der Waals surface area contributed by atoms with E-state index in [1.54, 1.807) is 0 Å². The van der Waals surface area contributed by atoms with Gasteiger partial charge in [-0.25, -0.2) is 0 Å². The van der Waals surface area contributed by atoms with Crippen molar-refractivity contribution in [3.05, 3.63) is 71.8 Å². The molecule has 122 valence electrons. The van der Waals surface area contributed by atoms with Crippen molar-refractivity contribution in [1.29, 1.82) is 0 Å². The zero-order chi connectivity index (χ0) is 17.1. The Morgan fingerprint density at radius 3 is 1.29 bits per heavy atom. The van der Waals surface area contributed by atoms with Gasteiger partial charge in [0.05, 0.1) is 0 Å². The summed E-state index contributed by atoms with van der Waals surface area (Å²) in [6.07, 6.45) is 0. The van der Waals surface area contributed by atoms with Gasteiger partial charge in [-0.15, -0.1) is 0 Å². The summed E-state index contributed by atoms with van der Waals surface area (Å²) in [5, 5.41) is 1.50. The fraction of sp³-hybridized carbons (Fsp3) is 0.100. The van der Waals surface area contributed by atoms with Gasteiger partial charge in [-0.05, 0) is 46.5 Å². The predicted octanol–water partition coefficient (Wildman–Crippen LogP) is 5.97. The summed E-state index contributed by atoms with van der Waals surface area (Å²) in [4.78, 5) is 0. The lowest BCUT2D eigenvalue weighted by Gasteiger charge is -2.17. The molecule has 24 heavy (non-hydrogen) atoms. The number of hydrogen-bond donors (Lipinski definition) is 2. The molecule has 4 heteroatoms. The van der Waals surface area contributed by atoms with Gasteiger partial charge in [-0.1, -0.05) is 68.3 Å². The maximum atomic E-state index is 6.19. The SMILES string of the molecule is Nc1ccccc1-c1cc(CBr)c(-c2ccccc2N)cc1CBr. The highest BCUT2D eigenvalue weighted by Gasteiger charge is 2.14. The Bertz CT molecular complexity index is 802. The fourth-order valence-electron chi connectivity index (χ4n) is 2.90. The maximum absolute atomic E-state index is 6.19. The van der Waals surface area contributed by atoms with Crippen LogP contribution in [0.4, 0.5) is 11.4 Å². The summed E-state index contributed by atoms with van der Waals surface area (Å²) in [5.41, 5.74) is 20.8. The molecule has 0 unspecified atom stereocenters. The van der Waals surface area contributed by atoms with Gasteiger partial charge in [0, 0.05) is 33.2 Å². The first kappa shape index (κ1) is 17.1. The third kappa shape index (κ3) is 3.21. The summed E-state index contributed by atoms with van der Waals surface area (Å²) < 4.78 is 0. The fourth-order valence-corrected chi connectivity index (χ4v) is 3.82. The standard InChI is InChI=1S/C20H18Br2N2/c21-11-13-10-18(16-6-2-4-8-20(16)24)14(12-22)9-17(13)15-5-1-3-7-19(15)23/h1-10H,11-12,23-24H2. The molecule has 3 rings (SSSR count). The summed E-state index contributed by atoms with van der Waals surface area (Å²) in [6, 6.07) is 20.3. The molecule has 0 aliphatic heterocycles. The summed E-state index contributed by atoms with van der Waals surface area (Å²) in [7, 11) is 0. The van der Waals surface area contributed by atoms with Crippen LogP contribution in [0.15, 0.2) is 60.7 Å². The van der Waals surface area contributed by atoms with Crippen LogP contribution in [0.25, 0.3) is 22.3 Å². The molecule has 3 aromatic rings. The van der Waals surface area contributed by atoms with Gasteiger partial charge < -0.3 is 11.5 Å². The van der Waals surface area contributed by atoms with Crippen molar-refractivity contribution in [3.63, 3.8) is 0 Å². The van der Waals surface area contributed by atoms with E-state index in [9.17, 15) is 0 Å². The Kier molecular flexibility index (Phi) is 5.27. The van der Waals surface area contributed by atoms with E-state index in [1.807, 2.05) is 36.4 Å². The largest absolute Gasteiger partial charge is 0.398 e.